The van der Waals surface area contributed by atoms with Crippen LogP contribution in [0.5, 0.6) is 0 Å². The van der Waals surface area contributed by atoms with Crippen molar-refractivity contribution < 1.29 is 29.2 Å². The maximum atomic E-state index is 13.0. The number of carbonyl (C=O) groups excluding carboxylic acids is 2. The van der Waals surface area contributed by atoms with Crippen molar-refractivity contribution in [2.24, 2.45) is 10.3 Å². The highest BCUT2D eigenvalue weighted by atomic mass is 32.1. The number of anilines is 1. The van der Waals surface area contributed by atoms with E-state index in [0.29, 0.717) is 18.6 Å². The number of thiazole rings is 1. The molecule has 0 unspecified atom stereocenters. The fourth-order valence-electron chi connectivity index (χ4n) is 3.77. The second-order valence-electron chi connectivity index (χ2n) is 7.70. The van der Waals surface area contributed by atoms with Crippen molar-refractivity contribution in [1.29, 1.82) is 0 Å². The quantitative estimate of drug-likeness (QED) is 0.228. The minimum absolute atomic E-state index is 0.0486. The predicted octanol–water partition coefficient (Wildman–Crippen LogP) is 0.217. The minimum atomic E-state index is -1.30. The molecule has 1 aromatic heterocycles. The highest BCUT2D eigenvalue weighted by Crippen LogP contribution is 2.28. The van der Waals surface area contributed by atoms with Crippen LogP contribution in [0.25, 0.3) is 0 Å². The Kier molecular flexibility index (Phi) is 7.56. The topological polar surface area (TPSA) is 172 Å². The number of nitrogens with zero attached hydrogens (tertiary/aromatic N) is 5. The van der Waals surface area contributed by atoms with Gasteiger partial charge in [0.1, 0.15) is 25.5 Å². The Morgan fingerprint density at radius 2 is 2.14 bits per heavy atom. The number of hydrogen-bond donors (Lipinski definition) is 3. The van der Waals surface area contributed by atoms with Gasteiger partial charge in [0, 0.05) is 30.5 Å². The number of nitrogens with two attached hydrogens (primary N) is 1. The summed E-state index contributed by atoms with van der Waals surface area (Å²) >= 11 is 1.12. The molecule has 4 rings (SSSR count). The van der Waals surface area contributed by atoms with E-state index in [9.17, 15) is 19.5 Å². The summed E-state index contributed by atoms with van der Waals surface area (Å²) < 4.78 is 0. The first-order valence-electron chi connectivity index (χ1n) is 10.8. The van der Waals surface area contributed by atoms with Crippen LogP contribution >= 0.6 is 11.3 Å². The van der Waals surface area contributed by atoms with Gasteiger partial charge < -0.3 is 25.8 Å². The molecule has 0 spiro atoms. The van der Waals surface area contributed by atoms with Crippen molar-refractivity contribution >= 4 is 46.2 Å². The van der Waals surface area contributed by atoms with Crippen LogP contribution in [0.2, 0.25) is 0 Å². The number of carboxylic acid groups (broad SMARTS) is 1. The van der Waals surface area contributed by atoms with E-state index in [1.165, 1.54) is 23.7 Å². The first-order valence-corrected chi connectivity index (χ1v) is 11.6. The molecule has 0 bridgehead atoms. The maximum absolute atomic E-state index is 13.0. The van der Waals surface area contributed by atoms with Gasteiger partial charge in [-0.2, -0.15) is 0 Å². The van der Waals surface area contributed by atoms with Gasteiger partial charge in [0.2, 0.25) is 0 Å². The van der Waals surface area contributed by atoms with Crippen LogP contribution in [0.15, 0.2) is 57.3 Å². The lowest BCUT2D eigenvalue weighted by Crippen LogP contribution is -2.46. The molecule has 0 saturated carbocycles. The number of hydrogen-bond acceptors (Lipinski definition) is 11. The molecule has 1 saturated heterocycles. The summed E-state index contributed by atoms with van der Waals surface area (Å²) in [6, 6.07) is 8.70. The number of nitrogens with one attached hydrogen (secondary N) is 1. The molecule has 4 N–H and O–H groups in total. The van der Waals surface area contributed by atoms with Crippen LogP contribution in [0.3, 0.4) is 0 Å². The maximum Gasteiger partial charge on any atom is 0.354 e. The molecular weight excluding hydrogens is 490 g/mol. The molecule has 0 radical (unpaired) electrons. The number of hydrazine groups is 1. The number of carboxylic acids is 1. The zero-order chi connectivity index (χ0) is 25.7. The van der Waals surface area contributed by atoms with Crippen LogP contribution < -0.4 is 11.1 Å². The third kappa shape index (κ3) is 5.34. The lowest BCUT2D eigenvalue weighted by Gasteiger charge is -2.19. The molecule has 1 aromatic carbocycles. The summed E-state index contributed by atoms with van der Waals surface area (Å²) in [5.41, 5.74) is 6.81. The lowest BCUT2D eigenvalue weighted by molar-refractivity contribution is -0.143. The van der Waals surface area contributed by atoms with Gasteiger partial charge in [0.05, 0.1) is 6.21 Å². The van der Waals surface area contributed by atoms with E-state index in [2.05, 4.69) is 20.6 Å². The van der Waals surface area contributed by atoms with Crippen molar-refractivity contribution in [2.75, 3.05) is 32.5 Å². The summed E-state index contributed by atoms with van der Waals surface area (Å²) in [4.78, 5) is 51.8. The van der Waals surface area contributed by atoms with Crippen molar-refractivity contribution in [2.45, 2.75) is 12.5 Å². The molecule has 36 heavy (non-hydrogen) atoms. The van der Waals surface area contributed by atoms with E-state index in [1.807, 2.05) is 30.3 Å². The Hall–Kier alpha value is -4.30. The molecule has 2 aliphatic heterocycles. The second kappa shape index (κ2) is 11.0. The molecule has 1 fully saturated rings. The van der Waals surface area contributed by atoms with E-state index in [0.717, 1.165) is 21.9 Å². The average molecular weight is 514 g/mol. The zero-order valence-corrected chi connectivity index (χ0v) is 20.0. The molecule has 3 heterocycles. The Morgan fingerprint density at radius 1 is 1.36 bits per heavy atom. The minimum Gasteiger partial charge on any atom is -0.477 e. The summed E-state index contributed by atoms with van der Waals surface area (Å²) in [6.07, 6.45) is 1.94. The fraction of sp³-hybridized carbons (Fsp3) is 0.273. The third-order valence-electron chi connectivity index (χ3n) is 5.33. The average Bonchev–Trinajstić information content (AvgIpc) is 3.52. The first-order chi connectivity index (χ1) is 17.4. The van der Waals surface area contributed by atoms with Gasteiger partial charge in [0.25, 0.3) is 11.8 Å². The molecule has 13 nitrogen and oxygen atoms in total. The van der Waals surface area contributed by atoms with Crippen LogP contribution in [0.4, 0.5) is 5.13 Å². The highest BCUT2D eigenvalue weighted by Gasteiger charge is 2.48. The van der Waals surface area contributed by atoms with Gasteiger partial charge in [0.15, 0.2) is 16.5 Å². The summed E-state index contributed by atoms with van der Waals surface area (Å²) in [5.74, 6) is -2.62. The number of carbonyl (C=O) groups is 3. The molecule has 1 atom stereocenters. The summed E-state index contributed by atoms with van der Waals surface area (Å²) in [5, 5.41) is 24.2. The summed E-state index contributed by atoms with van der Waals surface area (Å²) in [7, 11) is 1.27. The number of nitrogen functional groups attached to an aromatic ring is 1. The largest absolute Gasteiger partial charge is 0.477 e. The fourth-order valence-corrected chi connectivity index (χ4v) is 4.32. The molecule has 2 aromatic rings. The van der Waals surface area contributed by atoms with Gasteiger partial charge in [-0.1, -0.05) is 40.6 Å². The monoisotopic (exact) mass is 513 g/mol. The van der Waals surface area contributed by atoms with Crippen LogP contribution in [0, 0.1) is 0 Å². The highest BCUT2D eigenvalue weighted by molar-refractivity contribution is 7.13. The Bertz CT molecular complexity index is 1240. The van der Waals surface area contributed by atoms with E-state index in [4.69, 9.17) is 15.4 Å². The lowest BCUT2D eigenvalue weighted by atomic mass is 10.2. The van der Waals surface area contributed by atoms with Crippen molar-refractivity contribution in [3.63, 3.8) is 0 Å². The Morgan fingerprint density at radius 3 is 2.81 bits per heavy atom. The molecular formula is C22H23N7O6S. The van der Waals surface area contributed by atoms with Gasteiger partial charge >= 0.3 is 5.97 Å². The van der Waals surface area contributed by atoms with Gasteiger partial charge in [-0.25, -0.2) is 19.8 Å². The van der Waals surface area contributed by atoms with Gasteiger partial charge in [-0.05, 0) is 5.56 Å². The predicted molar refractivity (Wildman–Crippen MR) is 130 cm³/mol. The number of rotatable bonds is 10. The van der Waals surface area contributed by atoms with E-state index in [1.54, 1.807) is 0 Å². The third-order valence-corrected chi connectivity index (χ3v) is 6.00. The van der Waals surface area contributed by atoms with Crippen LogP contribution in [0.1, 0.15) is 11.3 Å². The number of aliphatic carboxylic acids is 1. The van der Waals surface area contributed by atoms with Crippen molar-refractivity contribution in [1.82, 2.24) is 20.3 Å². The molecule has 14 heteroatoms. The first kappa shape index (κ1) is 24.8. The number of amides is 2. The molecule has 0 aliphatic carbocycles. The van der Waals surface area contributed by atoms with Crippen molar-refractivity contribution in [3.8, 4) is 0 Å². The standard InChI is InChI=1S/C22H23N7O6S/c1-34-27-17(16-12-36-22(23)26-16)19(30)25-15-11-28-10-14(18(21(32)33)29(28)20(15)31)9-24-35-8-7-13-5-3-2-4-6-13/h2-6,9,12,15H,7-8,10-11H2,1H3,(H2,23,26)(H,25,30)(H,32,33)/b24-9+,27-17-/t15-/m0/s1. The van der Waals surface area contributed by atoms with E-state index >= 15 is 0 Å². The smallest absolute Gasteiger partial charge is 0.354 e. The van der Waals surface area contributed by atoms with Gasteiger partial charge in [-0.3, -0.25) is 9.59 Å². The van der Waals surface area contributed by atoms with Gasteiger partial charge in [-0.15, -0.1) is 11.3 Å². The normalized spacial score (nSPS) is 18.1. The van der Waals surface area contributed by atoms with Crippen LogP contribution in [-0.2, 0) is 30.5 Å². The van der Waals surface area contributed by atoms with E-state index < -0.39 is 23.8 Å². The zero-order valence-electron chi connectivity index (χ0n) is 19.2. The number of benzene rings is 1. The van der Waals surface area contributed by atoms with E-state index in [-0.39, 0.29) is 35.3 Å². The Labute approximate surface area is 209 Å². The number of aromatic nitrogens is 1. The molecule has 2 aliphatic rings. The van der Waals surface area contributed by atoms with Crippen LogP contribution in [-0.4, -0.2) is 82.7 Å². The SMILES string of the molecule is CO/N=C(\C(=O)N[C@H]1CN2CC(/C=N/OCCc3ccccc3)=C(C(=O)O)N2C1=O)c1csc(N)n1. The van der Waals surface area contributed by atoms with Crippen molar-refractivity contribution in [3.05, 3.63) is 58.2 Å². The Balaban J connectivity index is 1.41. The molecule has 188 valence electrons. The summed E-state index contributed by atoms with van der Waals surface area (Å²) in [6.45, 7) is 0.465. The molecule has 2 amide bonds. The second-order valence-corrected chi connectivity index (χ2v) is 8.59. The number of oxime groups is 2. The number of fused-ring (bicyclic) bond motifs is 1.